The van der Waals surface area contributed by atoms with Crippen LogP contribution in [-0.4, -0.2) is 26.8 Å². The van der Waals surface area contributed by atoms with Gasteiger partial charge in [-0.1, -0.05) is 12.1 Å². The summed E-state index contributed by atoms with van der Waals surface area (Å²) in [5, 5.41) is 0. The maximum atomic E-state index is 12.5. The Bertz CT molecular complexity index is 988. The summed E-state index contributed by atoms with van der Waals surface area (Å²) < 4.78 is 16.0. The Morgan fingerprint density at radius 3 is 2.39 bits per heavy atom. The zero-order chi connectivity index (χ0) is 19.5. The van der Waals surface area contributed by atoms with Crippen molar-refractivity contribution in [3.8, 4) is 21.9 Å². The van der Waals surface area contributed by atoms with Gasteiger partial charge in [0.15, 0.2) is 0 Å². The third kappa shape index (κ3) is 3.76. The third-order valence-corrected chi connectivity index (χ3v) is 6.20. The molecule has 0 amide bonds. The first-order valence-electron chi connectivity index (χ1n) is 9.28. The van der Waals surface area contributed by atoms with Gasteiger partial charge < -0.3 is 14.2 Å². The second kappa shape index (κ2) is 8.07. The molecule has 1 aliphatic rings. The fourth-order valence-corrected chi connectivity index (χ4v) is 4.63. The van der Waals surface area contributed by atoms with Crippen LogP contribution in [0.3, 0.4) is 0 Å². The third-order valence-electron chi connectivity index (χ3n) is 5.01. The maximum Gasteiger partial charge on any atom is 0.348 e. The lowest BCUT2D eigenvalue weighted by atomic mass is 9.91. The van der Waals surface area contributed by atoms with Crippen LogP contribution in [0.2, 0.25) is 0 Å². The molecule has 3 aromatic rings. The van der Waals surface area contributed by atoms with Crippen molar-refractivity contribution in [3.05, 3.63) is 70.1 Å². The molecule has 4 nitrogen and oxygen atoms in total. The highest BCUT2D eigenvalue weighted by atomic mass is 32.1. The summed E-state index contributed by atoms with van der Waals surface area (Å²) in [5.74, 6) is 1.45. The van der Waals surface area contributed by atoms with Crippen LogP contribution in [0.1, 0.15) is 26.4 Å². The summed E-state index contributed by atoms with van der Waals surface area (Å²) >= 11 is 1.52. The topological polar surface area (TPSA) is 44.8 Å². The van der Waals surface area contributed by atoms with Crippen LogP contribution >= 0.6 is 11.3 Å². The molecule has 0 radical (unpaired) electrons. The molecule has 4 rings (SSSR count). The van der Waals surface area contributed by atoms with Gasteiger partial charge in [0.2, 0.25) is 0 Å². The average molecular weight is 394 g/mol. The fourth-order valence-electron chi connectivity index (χ4n) is 3.46. The Balaban J connectivity index is 1.42. The largest absolute Gasteiger partial charge is 0.497 e. The molecule has 0 fully saturated rings. The number of ether oxygens (including phenoxy) is 3. The number of thiophene rings is 1. The number of esters is 1. The smallest absolute Gasteiger partial charge is 0.348 e. The molecule has 0 N–H and O–H groups in total. The van der Waals surface area contributed by atoms with Gasteiger partial charge in [0.05, 0.1) is 20.8 Å². The van der Waals surface area contributed by atoms with Crippen LogP contribution < -0.4 is 9.47 Å². The molecular weight excluding hydrogens is 372 g/mol. The molecule has 28 heavy (non-hydrogen) atoms. The van der Waals surface area contributed by atoms with Crippen LogP contribution in [0.15, 0.2) is 48.5 Å². The molecule has 144 valence electrons. The van der Waals surface area contributed by atoms with E-state index >= 15 is 0 Å². The maximum absolute atomic E-state index is 12.5. The van der Waals surface area contributed by atoms with E-state index < -0.39 is 0 Å². The lowest BCUT2D eigenvalue weighted by Crippen LogP contribution is -2.06. The van der Waals surface area contributed by atoms with Crippen molar-refractivity contribution < 1.29 is 19.0 Å². The predicted octanol–water partition coefficient (Wildman–Crippen LogP) is 4.93. The van der Waals surface area contributed by atoms with Gasteiger partial charge in [-0.3, -0.25) is 0 Å². The average Bonchev–Trinajstić information content (AvgIpc) is 3.18. The van der Waals surface area contributed by atoms with Gasteiger partial charge in [-0.05, 0) is 71.5 Å². The first kappa shape index (κ1) is 18.6. The van der Waals surface area contributed by atoms with Crippen molar-refractivity contribution in [1.29, 1.82) is 0 Å². The number of aryl methyl sites for hydroxylation is 2. The first-order valence-corrected chi connectivity index (χ1v) is 10.1. The Morgan fingerprint density at radius 2 is 1.64 bits per heavy atom. The second-order valence-corrected chi connectivity index (χ2v) is 7.77. The predicted molar refractivity (Wildman–Crippen MR) is 111 cm³/mol. The second-order valence-electron chi connectivity index (χ2n) is 6.72. The van der Waals surface area contributed by atoms with E-state index in [1.54, 1.807) is 14.2 Å². The molecule has 2 aromatic carbocycles. The summed E-state index contributed by atoms with van der Waals surface area (Å²) in [4.78, 5) is 14.4. The molecule has 0 unspecified atom stereocenters. The van der Waals surface area contributed by atoms with E-state index in [0.29, 0.717) is 17.9 Å². The highest BCUT2D eigenvalue weighted by Gasteiger charge is 2.22. The summed E-state index contributed by atoms with van der Waals surface area (Å²) in [6.45, 7) is 0.363. The first-order chi connectivity index (χ1) is 13.7. The lowest BCUT2D eigenvalue weighted by Gasteiger charge is -2.16. The van der Waals surface area contributed by atoms with Crippen LogP contribution in [0.25, 0.3) is 10.4 Å². The minimum absolute atomic E-state index is 0.247. The van der Waals surface area contributed by atoms with Gasteiger partial charge in [-0.25, -0.2) is 4.79 Å². The van der Waals surface area contributed by atoms with Crippen molar-refractivity contribution in [1.82, 2.24) is 0 Å². The Morgan fingerprint density at radius 1 is 0.929 bits per heavy atom. The zero-order valence-corrected chi connectivity index (χ0v) is 16.8. The number of methoxy groups -OCH3 is 2. The highest BCUT2D eigenvalue weighted by molar-refractivity contribution is 7.17. The number of benzene rings is 2. The summed E-state index contributed by atoms with van der Waals surface area (Å²) in [6.07, 6.45) is 2.58. The summed E-state index contributed by atoms with van der Waals surface area (Å²) in [5.41, 5.74) is 4.81. The molecule has 5 heteroatoms. The van der Waals surface area contributed by atoms with Crippen molar-refractivity contribution in [2.45, 2.75) is 19.3 Å². The number of carbonyl (C=O) groups is 1. The quantitative estimate of drug-likeness (QED) is 0.556. The van der Waals surface area contributed by atoms with Crippen molar-refractivity contribution in [3.63, 3.8) is 0 Å². The Kier molecular flexibility index (Phi) is 5.35. The van der Waals surface area contributed by atoms with E-state index in [0.717, 1.165) is 29.9 Å². The van der Waals surface area contributed by atoms with Gasteiger partial charge in [0.1, 0.15) is 16.4 Å². The van der Waals surface area contributed by atoms with Crippen LogP contribution in [0, 0.1) is 0 Å². The number of fused-ring (bicyclic) bond motifs is 3. The van der Waals surface area contributed by atoms with Crippen LogP contribution in [-0.2, 0) is 24.0 Å². The van der Waals surface area contributed by atoms with E-state index in [-0.39, 0.29) is 5.97 Å². The molecule has 0 aliphatic heterocycles. The Hall–Kier alpha value is -2.79. The van der Waals surface area contributed by atoms with Crippen molar-refractivity contribution in [2.24, 2.45) is 0 Å². The summed E-state index contributed by atoms with van der Waals surface area (Å²) in [6, 6.07) is 15.9. The molecule has 1 aliphatic carbocycles. The molecular formula is C23H22O4S. The normalized spacial score (nSPS) is 12.1. The lowest BCUT2D eigenvalue weighted by molar-refractivity contribution is 0.0515. The van der Waals surface area contributed by atoms with E-state index in [1.807, 2.05) is 36.4 Å². The van der Waals surface area contributed by atoms with E-state index in [4.69, 9.17) is 14.2 Å². The SMILES string of the molecule is COc1ccc(CCOC(=O)c2cc3c(s2)-c2ccc(OC)cc2CC3)cc1. The molecule has 1 heterocycles. The molecule has 0 bridgehead atoms. The summed E-state index contributed by atoms with van der Waals surface area (Å²) in [7, 11) is 3.33. The van der Waals surface area contributed by atoms with Crippen LogP contribution in [0.5, 0.6) is 11.5 Å². The number of rotatable bonds is 6. The minimum atomic E-state index is -0.247. The Labute approximate surface area is 168 Å². The van der Waals surface area contributed by atoms with E-state index in [9.17, 15) is 4.79 Å². The van der Waals surface area contributed by atoms with Gasteiger partial charge in [0.25, 0.3) is 0 Å². The van der Waals surface area contributed by atoms with Gasteiger partial charge in [-0.15, -0.1) is 11.3 Å². The molecule has 0 spiro atoms. The van der Waals surface area contributed by atoms with E-state index in [1.165, 1.54) is 32.9 Å². The fraction of sp³-hybridized carbons (Fsp3) is 0.261. The number of carbonyl (C=O) groups excluding carboxylic acids is 1. The molecule has 1 aromatic heterocycles. The van der Waals surface area contributed by atoms with Gasteiger partial charge in [-0.2, -0.15) is 0 Å². The monoisotopic (exact) mass is 394 g/mol. The molecule has 0 saturated heterocycles. The van der Waals surface area contributed by atoms with Crippen molar-refractivity contribution in [2.75, 3.05) is 20.8 Å². The highest BCUT2D eigenvalue weighted by Crippen LogP contribution is 2.41. The van der Waals surface area contributed by atoms with Crippen LogP contribution in [0.4, 0.5) is 0 Å². The molecule has 0 saturated carbocycles. The number of hydrogen-bond donors (Lipinski definition) is 0. The number of hydrogen-bond acceptors (Lipinski definition) is 5. The zero-order valence-electron chi connectivity index (χ0n) is 16.0. The molecule has 0 atom stereocenters. The van der Waals surface area contributed by atoms with Gasteiger partial charge in [0, 0.05) is 11.3 Å². The minimum Gasteiger partial charge on any atom is -0.497 e. The standard InChI is InChI=1S/C23H22O4S/c1-25-18-7-3-15(4-8-18)11-12-27-23(24)21-14-17-6-5-16-13-19(26-2)9-10-20(16)22(17)28-21/h3-4,7-10,13-14H,5-6,11-12H2,1-2H3. The van der Waals surface area contributed by atoms with Gasteiger partial charge >= 0.3 is 5.97 Å². The van der Waals surface area contributed by atoms with Crippen molar-refractivity contribution >= 4 is 17.3 Å². The van der Waals surface area contributed by atoms with E-state index in [2.05, 4.69) is 12.1 Å².